The van der Waals surface area contributed by atoms with Gasteiger partial charge in [0.1, 0.15) is 11.3 Å². The normalized spacial score (nSPS) is 25.2. The topological polar surface area (TPSA) is 82.2 Å². The van der Waals surface area contributed by atoms with Gasteiger partial charge in [0, 0.05) is 32.6 Å². The molecule has 0 unspecified atom stereocenters. The highest BCUT2D eigenvalue weighted by Crippen LogP contribution is 2.38. The van der Waals surface area contributed by atoms with Crippen LogP contribution in [-0.4, -0.2) is 84.5 Å². The van der Waals surface area contributed by atoms with Gasteiger partial charge in [0.2, 0.25) is 0 Å². The van der Waals surface area contributed by atoms with E-state index < -0.39 is 11.6 Å². The van der Waals surface area contributed by atoms with Gasteiger partial charge in [-0.1, -0.05) is 32.0 Å². The molecule has 0 aliphatic carbocycles. The minimum Gasteiger partial charge on any atom is -0.480 e. The number of hydrogen-bond acceptors (Lipinski definition) is 5. The van der Waals surface area contributed by atoms with Crippen LogP contribution in [0.4, 0.5) is 4.79 Å². The van der Waals surface area contributed by atoms with Crippen molar-refractivity contribution in [2.75, 3.05) is 40.3 Å². The van der Waals surface area contributed by atoms with E-state index in [-0.39, 0.29) is 23.8 Å². The molecule has 2 fully saturated rings. The Morgan fingerprint density at radius 2 is 1.91 bits per heavy atom. The number of fused-ring (bicyclic) bond motifs is 1. The number of imide groups is 1. The fourth-order valence-electron chi connectivity index (χ4n) is 5.43. The first-order chi connectivity index (χ1) is 16.2. The summed E-state index contributed by atoms with van der Waals surface area (Å²) >= 11 is 0. The molecule has 1 aromatic rings. The summed E-state index contributed by atoms with van der Waals surface area (Å²) in [5.74, 6) is 1.15. The van der Waals surface area contributed by atoms with Crippen LogP contribution >= 0.6 is 0 Å². The second kappa shape index (κ2) is 9.94. The van der Waals surface area contributed by atoms with Crippen molar-refractivity contribution in [3.05, 3.63) is 29.8 Å². The van der Waals surface area contributed by atoms with Gasteiger partial charge in [0.25, 0.3) is 11.8 Å². The summed E-state index contributed by atoms with van der Waals surface area (Å²) < 4.78 is 5.91. The molecular weight excluding hydrogens is 432 g/mol. The van der Waals surface area contributed by atoms with Crippen molar-refractivity contribution in [1.82, 2.24) is 20.0 Å². The van der Waals surface area contributed by atoms with Crippen LogP contribution < -0.4 is 10.1 Å². The van der Waals surface area contributed by atoms with E-state index in [1.165, 1.54) is 4.90 Å². The molecule has 2 saturated heterocycles. The van der Waals surface area contributed by atoms with Crippen LogP contribution in [0.3, 0.4) is 0 Å². The Morgan fingerprint density at radius 3 is 2.56 bits per heavy atom. The number of rotatable bonds is 8. The Morgan fingerprint density at radius 1 is 1.21 bits per heavy atom. The van der Waals surface area contributed by atoms with Crippen LogP contribution in [0, 0.1) is 11.8 Å². The SMILES string of the molecule is CC(C)CC[C@]1(C2CCN(C(=O)[C@@H]3Cc4ccccc4O3)CC2)NC(=O)N(CCN(C)C)C1=O. The van der Waals surface area contributed by atoms with Gasteiger partial charge in [0.15, 0.2) is 6.10 Å². The number of urea groups is 1. The van der Waals surface area contributed by atoms with Crippen LogP contribution in [0.25, 0.3) is 0 Å². The Balaban J connectivity index is 1.43. The average molecular weight is 471 g/mol. The number of piperidine rings is 1. The molecule has 0 radical (unpaired) electrons. The fraction of sp³-hybridized carbons (Fsp3) is 0.654. The quantitative estimate of drug-likeness (QED) is 0.591. The first-order valence-electron chi connectivity index (χ1n) is 12.5. The summed E-state index contributed by atoms with van der Waals surface area (Å²) in [5, 5.41) is 3.12. The van der Waals surface area contributed by atoms with Crippen molar-refractivity contribution in [1.29, 1.82) is 0 Å². The predicted octanol–water partition coefficient (Wildman–Crippen LogP) is 2.52. The van der Waals surface area contributed by atoms with Gasteiger partial charge >= 0.3 is 6.03 Å². The molecule has 4 rings (SSSR count). The first-order valence-corrected chi connectivity index (χ1v) is 12.5. The van der Waals surface area contributed by atoms with E-state index in [4.69, 9.17) is 4.74 Å². The van der Waals surface area contributed by atoms with Crippen LogP contribution in [0.15, 0.2) is 24.3 Å². The van der Waals surface area contributed by atoms with E-state index in [9.17, 15) is 14.4 Å². The van der Waals surface area contributed by atoms with E-state index >= 15 is 0 Å². The molecule has 1 aromatic carbocycles. The summed E-state index contributed by atoms with van der Waals surface area (Å²) in [6, 6.07) is 7.51. The average Bonchev–Trinajstić information content (AvgIpc) is 3.35. The number of carbonyl (C=O) groups excluding carboxylic acids is 3. The lowest BCUT2D eigenvalue weighted by atomic mass is 9.73. The first kappa shape index (κ1) is 24.5. The van der Waals surface area contributed by atoms with Crippen LogP contribution in [0.5, 0.6) is 5.75 Å². The van der Waals surface area contributed by atoms with Gasteiger partial charge in [-0.3, -0.25) is 14.5 Å². The molecule has 2 atom stereocenters. The molecule has 0 bridgehead atoms. The molecular formula is C26H38N4O4. The van der Waals surface area contributed by atoms with E-state index in [1.54, 1.807) is 0 Å². The lowest BCUT2D eigenvalue weighted by Crippen LogP contribution is -2.57. The number of ether oxygens (including phenoxy) is 1. The van der Waals surface area contributed by atoms with Crippen molar-refractivity contribution in [3.8, 4) is 5.75 Å². The highest BCUT2D eigenvalue weighted by molar-refractivity contribution is 6.07. The largest absolute Gasteiger partial charge is 0.480 e. The van der Waals surface area contributed by atoms with Crippen molar-refractivity contribution in [2.24, 2.45) is 11.8 Å². The number of benzene rings is 1. The fourth-order valence-corrected chi connectivity index (χ4v) is 5.43. The number of nitrogens with one attached hydrogen (secondary N) is 1. The summed E-state index contributed by atoms with van der Waals surface area (Å²) in [7, 11) is 3.87. The van der Waals surface area contributed by atoms with Gasteiger partial charge in [-0.25, -0.2) is 4.79 Å². The van der Waals surface area contributed by atoms with Crippen molar-refractivity contribution in [3.63, 3.8) is 0 Å². The molecule has 3 heterocycles. The molecule has 3 aliphatic heterocycles. The Hall–Kier alpha value is -2.61. The molecule has 1 N–H and O–H groups in total. The number of nitrogens with zero attached hydrogens (tertiary/aromatic N) is 3. The highest BCUT2D eigenvalue weighted by Gasteiger charge is 2.55. The van der Waals surface area contributed by atoms with Crippen LogP contribution in [0.2, 0.25) is 0 Å². The minimum absolute atomic E-state index is 0.0119. The second-order valence-corrected chi connectivity index (χ2v) is 10.6. The van der Waals surface area contributed by atoms with Gasteiger partial charge in [-0.2, -0.15) is 0 Å². The van der Waals surface area contributed by atoms with Gasteiger partial charge < -0.3 is 19.9 Å². The molecule has 0 aromatic heterocycles. The minimum atomic E-state index is -0.872. The third-order valence-electron chi connectivity index (χ3n) is 7.51. The maximum atomic E-state index is 13.6. The zero-order chi connectivity index (χ0) is 24.5. The lowest BCUT2D eigenvalue weighted by molar-refractivity contribution is -0.140. The standard InChI is InChI=1S/C26H38N4O4/c1-18(2)9-12-26(24(32)30(25(33)27-26)16-15-28(3)4)20-10-13-29(14-11-20)23(31)22-17-19-7-5-6-8-21(19)34-22/h5-8,18,20,22H,9-17H2,1-4H3,(H,27,33)/t22-,26+/m0/s1. The summed E-state index contributed by atoms with van der Waals surface area (Å²) in [4.78, 5) is 44.9. The second-order valence-electron chi connectivity index (χ2n) is 10.6. The van der Waals surface area contributed by atoms with Crippen molar-refractivity contribution >= 4 is 17.8 Å². The van der Waals surface area contributed by atoms with E-state index in [0.29, 0.717) is 57.8 Å². The maximum absolute atomic E-state index is 13.6. The third-order valence-corrected chi connectivity index (χ3v) is 7.51. The summed E-state index contributed by atoms with van der Waals surface area (Å²) in [5.41, 5.74) is 0.198. The van der Waals surface area contributed by atoms with Crippen molar-refractivity contribution in [2.45, 2.75) is 57.6 Å². The molecule has 8 nitrogen and oxygen atoms in total. The van der Waals surface area contributed by atoms with Gasteiger partial charge in [-0.15, -0.1) is 0 Å². The van der Waals surface area contributed by atoms with Crippen molar-refractivity contribution < 1.29 is 19.1 Å². The maximum Gasteiger partial charge on any atom is 0.325 e. The third kappa shape index (κ3) is 4.78. The van der Waals surface area contributed by atoms with Gasteiger partial charge in [-0.05, 0) is 63.2 Å². The lowest BCUT2D eigenvalue weighted by Gasteiger charge is -2.41. The smallest absolute Gasteiger partial charge is 0.325 e. The molecule has 4 amide bonds. The van der Waals surface area contributed by atoms with E-state index in [2.05, 4.69) is 19.2 Å². The number of carbonyl (C=O) groups is 3. The Labute approximate surface area is 202 Å². The zero-order valence-electron chi connectivity index (χ0n) is 20.9. The van der Waals surface area contributed by atoms with E-state index in [1.807, 2.05) is 48.2 Å². The highest BCUT2D eigenvalue weighted by atomic mass is 16.5. The molecule has 8 heteroatoms. The Kier molecular flexibility index (Phi) is 7.17. The molecule has 0 spiro atoms. The number of para-hydroxylation sites is 1. The Bertz CT molecular complexity index is 900. The van der Waals surface area contributed by atoms with Gasteiger partial charge in [0.05, 0.1) is 0 Å². The summed E-state index contributed by atoms with van der Waals surface area (Å²) in [6.07, 6.45) is 3.00. The van der Waals surface area contributed by atoms with E-state index in [0.717, 1.165) is 17.7 Å². The van der Waals surface area contributed by atoms with Crippen LogP contribution in [0.1, 0.15) is 45.1 Å². The number of amides is 4. The number of likely N-dealkylation sites (N-methyl/N-ethyl adjacent to an activating group) is 1. The van der Waals surface area contributed by atoms with Crippen LogP contribution in [-0.2, 0) is 16.0 Å². The molecule has 34 heavy (non-hydrogen) atoms. The number of hydrogen-bond donors (Lipinski definition) is 1. The zero-order valence-corrected chi connectivity index (χ0v) is 20.9. The molecule has 0 saturated carbocycles. The predicted molar refractivity (Wildman–Crippen MR) is 129 cm³/mol. The number of likely N-dealkylation sites (tertiary alicyclic amines) is 1. The summed E-state index contributed by atoms with van der Waals surface area (Å²) in [6.45, 7) is 6.45. The molecule has 3 aliphatic rings. The monoisotopic (exact) mass is 470 g/mol. The molecule has 186 valence electrons.